The van der Waals surface area contributed by atoms with Crippen LogP contribution in [0.25, 0.3) is 5.76 Å². The Morgan fingerprint density at radius 2 is 1.79 bits per heavy atom. The number of carbonyl (C=O) groups is 2. The Bertz CT molecular complexity index is 1200. The molecule has 3 aromatic rings. The lowest BCUT2D eigenvalue weighted by atomic mass is 10.00. The number of ether oxygens (including phenoxy) is 1. The van der Waals surface area contributed by atoms with Gasteiger partial charge in [0.15, 0.2) is 0 Å². The Hall–Kier alpha value is -3.42. The molecule has 2 aromatic carbocycles. The zero-order valence-electron chi connectivity index (χ0n) is 19.5. The Morgan fingerprint density at radius 3 is 2.44 bits per heavy atom. The number of hydrogen-bond donors (Lipinski definition) is 1. The van der Waals surface area contributed by atoms with E-state index in [1.165, 1.54) is 11.3 Å². The summed E-state index contributed by atoms with van der Waals surface area (Å²) in [6.07, 6.45) is 0. The summed E-state index contributed by atoms with van der Waals surface area (Å²) in [5.41, 5.74) is 2.85. The highest BCUT2D eigenvalue weighted by Gasteiger charge is 2.46. The van der Waals surface area contributed by atoms with Crippen molar-refractivity contribution in [2.24, 2.45) is 0 Å². The van der Waals surface area contributed by atoms with E-state index in [1.807, 2.05) is 67.7 Å². The molecular weight excluding hydrogens is 448 g/mol. The quantitative estimate of drug-likeness (QED) is 0.292. The maximum atomic E-state index is 13.0. The molecule has 0 saturated carbocycles. The fraction of sp³-hybridized carbons (Fsp3) is 0.259. The standard InChI is InChI=1S/C27H28N2O4S/c1-18-7-4-5-8-20(18)17-33-21-12-10-19(11-13-21)25(30)23-24(22-9-6-16-34-22)29(15-14-28(2)3)27(32)26(23)31/h4-13,16,24,30H,14-15,17H2,1-3H3. The molecular formula is C27H28N2O4S. The predicted molar refractivity (Wildman–Crippen MR) is 134 cm³/mol. The average molecular weight is 477 g/mol. The lowest BCUT2D eigenvalue weighted by Crippen LogP contribution is -2.35. The number of rotatable bonds is 8. The number of benzene rings is 2. The maximum Gasteiger partial charge on any atom is 0.295 e. The fourth-order valence-corrected chi connectivity index (χ4v) is 4.80. The zero-order valence-corrected chi connectivity index (χ0v) is 20.3. The molecule has 6 nitrogen and oxygen atoms in total. The fourth-order valence-electron chi connectivity index (χ4n) is 3.96. The maximum absolute atomic E-state index is 13.0. The van der Waals surface area contributed by atoms with Crippen molar-refractivity contribution in [1.29, 1.82) is 0 Å². The van der Waals surface area contributed by atoms with Crippen LogP contribution >= 0.6 is 11.3 Å². The third-order valence-corrected chi connectivity index (χ3v) is 6.85. The number of aliphatic hydroxyl groups excluding tert-OH is 1. The molecule has 1 unspecified atom stereocenters. The summed E-state index contributed by atoms with van der Waals surface area (Å²) in [6.45, 7) is 3.48. The monoisotopic (exact) mass is 476 g/mol. The molecule has 34 heavy (non-hydrogen) atoms. The molecule has 4 rings (SSSR count). The zero-order chi connectivity index (χ0) is 24.2. The summed E-state index contributed by atoms with van der Waals surface area (Å²) in [5.74, 6) is -0.759. The molecule has 1 aliphatic rings. The number of aliphatic hydroxyl groups is 1. The van der Waals surface area contributed by atoms with Crippen molar-refractivity contribution in [3.05, 3.63) is 93.2 Å². The van der Waals surface area contributed by atoms with E-state index < -0.39 is 17.7 Å². The van der Waals surface area contributed by atoms with Crippen LogP contribution in [0, 0.1) is 6.92 Å². The Balaban J connectivity index is 1.61. The number of carbonyl (C=O) groups excluding carboxylic acids is 2. The smallest absolute Gasteiger partial charge is 0.295 e. The molecule has 1 saturated heterocycles. The van der Waals surface area contributed by atoms with Gasteiger partial charge in [0.25, 0.3) is 11.7 Å². The van der Waals surface area contributed by atoms with Crippen LogP contribution in [-0.2, 0) is 16.2 Å². The minimum atomic E-state index is -0.658. The first-order valence-corrected chi connectivity index (χ1v) is 12.0. The van der Waals surface area contributed by atoms with Crippen LogP contribution in [0.15, 0.2) is 71.6 Å². The highest BCUT2D eigenvalue weighted by Crippen LogP contribution is 2.41. The Morgan fingerprint density at radius 1 is 1.06 bits per heavy atom. The lowest BCUT2D eigenvalue weighted by molar-refractivity contribution is -0.140. The number of thiophene rings is 1. The molecule has 0 bridgehead atoms. The van der Waals surface area contributed by atoms with Crippen molar-refractivity contribution in [2.45, 2.75) is 19.6 Å². The number of aryl methyl sites for hydroxylation is 1. The van der Waals surface area contributed by atoms with Crippen LogP contribution < -0.4 is 4.74 Å². The van der Waals surface area contributed by atoms with E-state index >= 15 is 0 Å². The van der Waals surface area contributed by atoms with E-state index in [9.17, 15) is 14.7 Å². The second kappa shape index (κ2) is 10.2. The van der Waals surface area contributed by atoms with E-state index in [4.69, 9.17) is 4.74 Å². The first-order chi connectivity index (χ1) is 16.4. The van der Waals surface area contributed by atoms with Gasteiger partial charge in [-0.1, -0.05) is 30.3 Å². The van der Waals surface area contributed by atoms with E-state index in [0.717, 1.165) is 16.0 Å². The number of hydrogen-bond acceptors (Lipinski definition) is 6. The Labute approximate surface area is 203 Å². The SMILES string of the molecule is Cc1ccccc1COc1ccc(C(O)=C2C(=O)C(=O)N(CCN(C)C)C2c2cccs2)cc1. The molecule has 176 valence electrons. The number of Topliss-reactive ketones (excluding diaryl/α,β-unsaturated/α-hetero) is 1. The van der Waals surface area contributed by atoms with Crippen LogP contribution in [0.2, 0.25) is 0 Å². The minimum Gasteiger partial charge on any atom is -0.507 e. The van der Waals surface area contributed by atoms with E-state index in [2.05, 4.69) is 0 Å². The minimum absolute atomic E-state index is 0.125. The van der Waals surface area contributed by atoms with Gasteiger partial charge in [0.05, 0.1) is 11.6 Å². The number of nitrogens with zero attached hydrogens (tertiary/aromatic N) is 2. The Kier molecular flexibility index (Phi) is 7.14. The predicted octanol–water partition coefficient (Wildman–Crippen LogP) is 4.62. The van der Waals surface area contributed by atoms with Crippen LogP contribution in [0.5, 0.6) is 5.75 Å². The molecule has 0 radical (unpaired) electrons. The van der Waals surface area contributed by atoms with Gasteiger partial charge >= 0.3 is 0 Å². The van der Waals surface area contributed by atoms with Gasteiger partial charge in [-0.25, -0.2) is 0 Å². The second-order valence-electron chi connectivity index (χ2n) is 8.55. The first kappa shape index (κ1) is 23.7. The largest absolute Gasteiger partial charge is 0.507 e. The summed E-state index contributed by atoms with van der Waals surface area (Å²) < 4.78 is 5.89. The number of likely N-dealkylation sites (tertiary alicyclic amines) is 1. The lowest BCUT2D eigenvalue weighted by Gasteiger charge is -2.25. The van der Waals surface area contributed by atoms with E-state index in [0.29, 0.717) is 31.0 Å². The van der Waals surface area contributed by atoms with E-state index in [-0.39, 0.29) is 11.3 Å². The van der Waals surface area contributed by atoms with Crippen molar-refractivity contribution in [3.63, 3.8) is 0 Å². The van der Waals surface area contributed by atoms with Crippen LogP contribution in [0.4, 0.5) is 0 Å². The third-order valence-electron chi connectivity index (χ3n) is 5.92. The van der Waals surface area contributed by atoms with Crippen molar-refractivity contribution in [2.75, 3.05) is 27.2 Å². The van der Waals surface area contributed by atoms with Crippen LogP contribution in [-0.4, -0.2) is 53.8 Å². The van der Waals surface area contributed by atoms with Crippen molar-refractivity contribution < 1.29 is 19.4 Å². The molecule has 1 aromatic heterocycles. The number of ketones is 1. The normalized spacial score (nSPS) is 17.5. The number of amides is 1. The van der Waals surface area contributed by atoms with Gasteiger partial charge in [0.2, 0.25) is 0 Å². The van der Waals surface area contributed by atoms with Crippen molar-refractivity contribution in [3.8, 4) is 5.75 Å². The summed E-state index contributed by atoms with van der Waals surface area (Å²) in [4.78, 5) is 30.2. The molecule has 7 heteroatoms. The van der Waals surface area contributed by atoms with E-state index in [1.54, 1.807) is 29.2 Å². The molecule has 2 heterocycles. The van der Waals surface area contributed by atoms with Crippen molar-refractivity contribution in [1.82, 2.24) is 9.80 Å². The van der Waals surface area contributed by atoms with Crippen LogP contribution in [0.3, 0.4) is 0 Å². The molecule has 1 N–H and O–H groups in total. The topological polar surface area (TPSA) is 70.1 Å². The number of likely N-dealkylation sites (N-methyl/N-ethyl adjacent to an activating group) is 1. The van der Waals surface area contributed by atoms with Gasteiger partial charge in [-0.05, 0) is 67.9 Å². The second-order valence-corrected chi connectivity index (χ2v) is 9.53. The molecule has 0 aliphatic carbocycles. The van der Waals surface area contributed by atoms with Gasteiger partial charge in [-0.2, -0.15) is 0 Å². The first-order valence-electron chi connectivity index (χ1n) is 11.1. The van der Waals surface area contributed by atoms with Gasteiger partial charge < -0.3 is 19.6 Å². The molecule has 1 amide bonds. The molecule has 1 atom stereocenters. The summed E-state index contributed by atoms with van der Waals surface area (Å²) in [6, 6.07) is 18.1. The average Bonchev–Trinajstić information content (AvgIpc) is 3.44. The molecule has 1 fully saturated rings. The highest BCUT2D eigenvalue weighted by atomic mass is 32.1. The summed E-state index contributed by atoms with van der Waals surface area (Å²) in [5, 5.41) is 13.0. The van der Waals surface area contributed by atoms with Crippen LogP contribution in [0.1, 0.15) is 27.6 Å². The van der Waals surface area contributed by atoms with Gasteiger partial charge in [-0.3, -0.25) is 9.59 Å². The van der Waals surface area contributed by atoms with Gasteiger partial charge in [-0.15, -0.1) is 11.3 Å². The summed E-state index contributed by atoms with van der Waals surface area (Å²) >= 11 is 1.46. The highest BCUT2D eigenvalue weighted by molar-refractivity contribution is 7.10. The molecule has 1 aliphatic heterocycles. The van der Waals surface area contributed by atoms with Gasteiger partial charge in [0.1, 0.15) is 18.1 Å². The third kappa shape index (κ3) is 4.90. The summed E-state index contributed by atoms with van der Waals surface area (Å²) in [7, 11) is 3.83. The van der Waals surface area contributed by atoms with Gasteiger partial charge in [0, 0.05) is 23.5 Å². The van der Waals surface area contributed by atoms with Crippen molar-refractivity contribution >= 4 is 28.8 Å². The molecule has 0 spiro atoms.